The van der Waals surface area contributed by atoms with Crippen LogP contribution >= 0.6 is 22.6 Å². The van der Waals surface area contributed by atoms with Gasteiger partial charge in [-0.15, -0.1) is 0 Å². The van der Waals surface area contributed by atoms with Gasteiger partial charge in [0.25, 0.3) is 0 Å². The second-order valence-corrected chi connectivity index (χ2v) is 5.78. The molecule has 3 nitrogen and oxygen atoms in total. The van der Waals surface area contributed by atoms with E-state index in [9.17, 15) is 4.79 Å². The molecule has 0 radical (unpaired) electrons. The molecule has 0 amide bonds. The molecule has 0 N–H and O–H groups in total. The zero-order valence-corrected chi connectivity index (χ0v) is 12.6. The molecular formula is C14H17IO3. The number of ether oxygens (including phenoxy) is 2. The van der Waals surface area contributed by atoms with Crippen molar-refractivity contribution in [2.45, 2.75) is 24.9 Å². The molecule has 0 bridgehead atoms. The number of hydrogen-bond donors (Lipinski definition) is 0. The minimum Gasteiger partial charge on any atom is -0.381 e. The van der Waals surface area contributed by atoms with E-state index in [4.69, 9.17) is 9.47 Å². The molecule has 18 heavy (non-hydrogen) atoms. The Hall–Kier alpha value is -0.460. The fourth-order valence-corrected chi connectivity index (χ4v) is 2.61. The van der Waals surface area contributed by atoms with Crippen molar-refractivity contribution < 1.29 is 14.3 Å². The predicted octanol–water partition coefficient (Wildman–Crippen LogP) is 2.60. The number of Topliss-reactive ketones (excluding diaryl/α,β-unsaturated/α-hetero) is 1. The van der Waals surface area contributed by atoms with Crippen molar-refractivity contribution in [1.29, 1.82) is 0 Å². The summed E-state index contributed by atoms with van der Waals surface area (Å²) in [4.78, 5) is 12.4. The van der Waals surface area contributed by atoms with E-state index in [1.54, 1.807) is 7.11 Å². The standard InChI is InChI=1S/C14H17IO3/c1-17-14(6-8-18-9-7-14)13(16)10-11-2-4-12(15)5-3-11/h2-5H,6-10H2,1H3. The Bertz CT molecular complexity index is 408. The quantitative estimate of drug-likeness (QED) is 0.775. The summed E-state index contributed by atoms with van der Waals surface area (Å²) in [6.07, 6.45) is 1.75. The highest BCUT2D eigenvalue weighted by atomic mass is 127. The van der Waals surface area contributed by atoms with Crippen LogP contribution in [0.2, 0.25) is 0 Å². The predicted molar refractivity (Wildman–Crippen MR) is 77.7 cm³/mol. The van der Waals surface area contributed by atoms with E-state index in [-0.39, 0.29) is 5.78 Å². The average molecular weight is 360 g/mol. The van der Waals surface area contributed by atoms with Crippen LogP contribution in [0.25, 0.3) is 0 Å². The molecular weight excluding hydrogens is 343 g/mol. The number of rotatable bonds is 4. The zero-order valence-electron chi connectivity index (χ0n) is 10.4. The van der Waals surface area contributed by atoms with Crippen LogP contribution in [0.15, 0.2) is 24.3 Å². The van der Waals surface area contributed by atoms with E-state index < -0.39 is 5.60 Å². The lowest BCUT2D eigenvalue weighted by Crippen LogP contribution is -2.46. The van der Waals surface area contributed by atoms with Crippen molar-refractivity contribution in [3.8, 4) is 0 Å². The molecule has 0 saturated carbocycles. The number of carbonyl (C=O) groups is 1. The molecule has 1 aromatic rings. The van der Waals surface area contributed by atoms with Crippen LogP contribution < -0.4 is 0 Å². The maximum absolute atomic E-state index is 12.4. The average Bonchev–Trinajstić information content (AvgIpc) is 2.42. The molecule has 1 aromatic carbocycles. The van der Waals surface area contributed by atoms with Crippen LogP contribution in [0.3, 0.4) is 0 Å². The smallest absolute Gasteiger partial charge is 0.169 e. The SMILES string of the molecule is COC1(C(=O)Cc2ccc(I)cc2)CCOCC1. The van der Waals surface area contributed by atoms with E-state index >= 15 is 0 Å². The molecule has 98 valence electrons. The monoisotopic (exact) mass is 360 g/mol. The van der Waals surface area contributed by atoms with Crippen molar-refractivity contribution in [2.75, 3.05) is 20.3 Å². The topological polar surface area (TPSA) is 35.5 Å². The number of benzene rings is 1. The van der Waals surface area contributed by atoms with Gasteiger partial charge in [-0.1, -0.05) is 12.1 Å². The lowest BCUT2D eigenvalue weighted by Gasteiger charge is -2.34. The summed E-state index contributed by atoms with van der Waals surface area (Å²) in [5.74, 6) is 0.162. The van der Waals surface area contributed by atoms with Gasteiger partial charge in [0.1, 0.15) is 5.60 Å². The van der Waals surface area contributed by atoms with E-state index in [0.29, 0.717) is 32.5 Å². The molecule has 1 aliphatic rings. The second-order valence-electron chi connectivity index (χ2n) is 4.54. The number of ketones is 1. The van der Waals surface area contributed by atoms with Gasteiger partial charge in [-0.3, -0.25) is 4.79 Å². The van der Waals surface area contributed by atoms with Crippen LogP contribution in [0.4, 0.5) is 0 Å². The first-order chi connectivity index (χ1) is 8.66. The van der Waals surface area contributed by atoms with Gasteiger partial charge < -0.3 is 9.47 Å². The Labute approximate surface area is 121 Å². The van der Waals surface area contributed by atoms with E-state index in [0.717, 1.165) is 5.56 Å². The van der Waals surface area contributed by atoms with Gasteiger partial charge in [0.2, 0.25) is 0 Å². The fourth-order valence-electron chi connectivity index (χ4n) is 2.25. The third kappa shape index (κ3) is 3.10. The Morgan fingerprint density at radius 2 is 1.94 bits per heavy atom. The molecule has 1 saturated heterocycles. The van der Waals surface area contributed by atoms with E-state index in [2.05, 4.69) is 22.6 Å². The summed E-state index contributed by atoms with van der Waals surface area (Å²) in [5, 5.41) is 0. The first kappa shape index (κ1) is 14.0. The van der Waals surface area contributed by atoms with Gasteiger partial charge in [-0.05, 0) is 40.3 Å². The minimum absolute atomic E-state index is 0.162. The Morgan fingerprint density at radius 3 is 2.50 bits per heavy atom. The highest BCUT2D eigenvalue weighted by molar-refractivity contribution is 14.1. The van der Waals surface area contributed by atoms with Gasteiger partial charge in [-0.2, -0.15) is 0 Å². The first-order valence-corrected chi connectivity index (χ1v) is 7.15. The van der Waals surface area contributed by atoms with Crippen molar-refractivity contribution in [1.82, 2.24) is 0 Å². The molecule has 0 aliphatic carbocycles. The maximum Gasteiger partial charge on any atom is 0.169 e. The normalized spacial score (nSPS) is 18.6. The highest BCUT2D eigenvalue weighted by Gasteiger charge is 2.39. The third-order valence-corrected chi connectivity index (χ3v) is 4.20. The third-order valence-electron chi connectivity index (χ3n) is 3.48. The zero-order chi connectivity index (χ0) is 13.0. The Balaban J connectivity index is 2.07. The number of carbonyl (C=O) groups excluding carboxylic acids is 1. The number of methoxy groups -OCH3 is 1. The van der Waals surface area contributed by atoms with Gasteiger partial charge in [-0.25, -0.2) is 0 Å². The van der Waals surface area contributed by atoms with Crippen molar-refractivity contribution >= 4 is 28.4 Å². The van der Waals surface area contributed by atoms with Crippen molar-refractivity contribution in [2.24, 2.45) is 0 Å². The minimum atomic E-state index is -0.638. The largest absolute Gasteiger partial charge is 0.381 e. The molecule has 2 rings (SSSR count). The lowest BCUT2D eigenvalue weighted by molar-refractivity contribution is -0.151. The summed E-state index contributed by atoms with van der Waals surface area (Å²) in [5.41, 5.74) is 0.407. The maximum atomic E-state index is 12.4. The molecule has 1 heterocycles. The molecule has 4 heteroatoms. The van der Waals surface area contributed by atoms with Crippen LogP contribution in [-0.2, 0) is 20.7 Å². The summed E-state index contributed by atoms with van der Waals surface area (Å²) < 4.78 is 12.0. The second kappa shape index (κ2) is 6.12. The summed E-state index contributed by atoms with van der Waals surface area (Å²) >= 11 is 2.26. The van der Waals surface area contributed by atoms with Crippen molar-refractivity contribution in [3.05, 3.63) is 33.4 Å². The van der Waals surface area contributed by atoms with E-state index in [1.165, 1.54) is 3.57 Å². The molecule has 0 unspecified atom stereocenters. The molecule has 1 aliphatic heterocycles. The molecule has 1 fully saturated rings. The lowest BCUT2D eigenvalue weighted by atomic mass is 9.86. The van der Waals surface area contributed by atoms with E-state index in [1.807, 2.05) is 24.3 Å². The summed E-state index contributed by atoms with van der Waals surface area (Å²) in [6.45, 7) is 1.21. The van der Waals surface area contributed by atoms with Gasteiger partial charge in [0, 0.05) is 43.2 Å². The first-order valence-electron chi connectivity index (χ1n) is 6.07. The Morgan fingerprint density at radius 1 is 1.33 bits per heavy atom. The van der Waals surface area contributed by atoms with Crippen LogP contribution in [0, 0.1) is 3.57 Å². The molecule has 0 atom stereocenters. The number of halogens is 1. The van der Waals surface area contributed by atoms with Gasteiger partial charge in [0.05, 0.1) is 0 Å². The van der Waals surface area contributed by atoms with Crippen molar-refractivity contribution in [3.63, 3.8) is 0 Å². The summed E-state index contributed by atoms with van der Waals surface area (Å²) in [6, 6.07) is 8.05. The highest BCUT2D eigenvalue weighted by Crippen LogP contribution is 2.27. The van der Waals surface area contributed by atoms with Crippen LogP contribution in [0.5, 0.6) is 0 Å². The molecule has 0 spiro atoms. The summed E-state index contributed by atoms with van der Waals surface area (Å²) in [7, 11) is 1.62. The molecule has 0 aromatic heterocycles. The van der Waals surface area contributed by atoms with Gasteiger partial charge >= 0.3 is 0 Å². The Kier molecular flexibility index (Phi) is 4.75. The number of hydrogen-bond acceptors (Lipinski definition) is 3. The van der Waals surface area contributed by atoms with Crippen LogP contribution in [-0.4, -0.2) is 31.7 Å². The fraction of sp³-hybridized carbons (Fsp3) is 0.500. The van der Waals surface area contributed by atoms with Crippen LogP contribution in [0.1, 0.15) is 18.4 Å². The van der Waals surface area contributed by atoms with Gasteiger partial charge in [0.15, 0.2) is 5.78 Å².